The smallest absolute Gasteiger partial charge is 0.119 e. The molecule has 0 saturated heterocycles. The molecule has 1 aromatic carbocycles. The molecule has 0 aliphatic rings. The quantitative estimate of drug-likeness (QED) is 0.577. The number of ether oxygens (including phenoxy) is 1. The summed E-state index contributed by atoms with van der Waals surface area (Å²) in [6.45, 7) is 0. The lowest BCUT2D eigenvalue weighted by atomic mass is 10.1. The lowest BCUT2D eigenvalue weighted by Gasteiger charge is -2.01. The Hall–Kier alpha value is -0.760. The van der Waals surface area contributed by atoms with Crippen LogP contribution in [0.1, 0.15) is 12.0 Å². The van der Waals surface area contributed by atoms with Crippen LogP contribution >= 0.6 is 15.9 Å². The van der Waals surface area contributed by atoms with Crippen LogP contribution in [0.3, 0.4) is 0 Å². The number of hydrogen-bond donors (Lipinski definition) is 0. The largest absolute Gasteiger partial charge is 0.497 e. The van der Waals surface area contributed by atoms with Crippen LogP contribution in [0.4, 0.5) is 0 Å². The van der Waals surface area contributed by atoms with Crippen LogP contribution in [0.25, 0.3) is 0 Å². The van der Waals surface area contributed by atoms with E-state index in [0.717, 1.165) is 23.9 Å². The Labute approximate surface area is 93.9 Å². The number of methoxy groups -OCH3 is 1. The minimum absolute atomic E-state index is 0.927. The molecule has 0 spiro atoms. The van der Waals surface area contributed by atoms with Crippen LogP contribution in [-0.2, 0) is 6.42 Å². The summed E-state index contributed by atoms with van der Waals surface area (Å²) in [6, 6.07) is 8.16. The van der Waals surface area contributed by atoms with Gasteiger partial charge in [-0.05, 0) is 30.5 Å². The van der Waals surface area contributed by atoms with E-state index in [9.17, 15) is 0 Å². The summed E-state index contributed by atoms with van der Waals surface area (Å²) in [5.41, 5.74) is 1.29. The van der Waals surface area contributed by atoms with Gasteiger partial charge in [0.1, 0.15) is 5.75 Å². The predicted octanol–water partition coefficient (Wildman–Crippen LogP) is 3.58. The molecule has 2 heteroatoms. The van der Waals surface area contributed by atoms with Crippen LogP contribution in [-0.4, -0.2) is 12.4 Å². The van der Waals surface area contributed by atoms with Gasteiger partial charge in [-0.15, -0.1) is 0 Å². The van der Waals surface area contributed by atoms with Crippen LogP contribution in [0.5, 0.6) is 5.75 Å². The Morgan fingerprint density at radius 2 is 2.21 bits per heavy atom. The van der Waals surface area contributed by atoms with Crippen LogP contribution in [0.2, 0.25) is 0 Å². The van der Waals surface area contributed by atoms with Gasteiger partial charge in [-0.3, -0.25) is 0 Å². The fraction of sp³-hybridized carbons (Fsp3) is 0.333. The van der Waals surface area contributed by atoms with Crippen molar-refractivity contribution in [2.75, 3.05) is 12.4 Å². The zero-order valence-corrected chi connectivity index (χ0v) is 9.96. The normalized spacial score (nSPS) is 10.7. The van der Waals surface area contributed by atoms with Crippen LogP contribution in [0, 0.1) is 0 Å². The van der Waals surface area contributed by atoms with Crippen molar-refractivity contribution in [2.45, 2.75) is 12.8 Å². The molecule has 0 bridgehead atoms. The minimum Gasteiger partial charge on any atom is -0.497 e. The Bertz CT molecular complexity index is 294. The van der Waals surface area contributed by atoms with E-state index >= 15 is 0 Å². The summed E-state index contributed by atoms with van der Waals surface area (Å²) in [5.74, 6) is 0.927. The van der Waals surface area contributed by atoms with Crippen molar-refractivity contribution in [1.82, 2.24) is 0 Å². The van der Waals surface area contributed by atoms with Gasteiger partial charge in [0.2, 0.25) is 0 Å². The molecular weight excluding hydrogens is 240 g/mol. The van der Waals surface area contributed by atoms with E-state index in [0.29, 0.717) is 0 Å². The van der Waals surface area contributed by atoms with Crippen molar-refractivity contribution in [1.29, 1.82) is 0 Å². The molecule has 0 aliphatic carbocycles. The molecule has 0 amide bonds. The molecule has 0 saturated carbocycles. The summed E-state index contributed by atoms with van der Waals surface area (Å²) in [7, 11) is 1.69. The lowest BCUT2D eigenvalue weighted by Crippen LogP contribution is -1.85. The average Bonchev–Trinajstić information content (AvgIpc) is 2.25. The average molecular weight is 255 g/mol. The number of rotatable bonds is 5. The van der Waals surface area contributed by atoms with Crippen molar-refractivity contribution in [3.63, 3.8) is 0 Å². The molecule has 0 fully saturated rings. The topological polar surface area (TPSA) is 9.23 Å². The standard InChI is InChI=1S/C12H15BrO/c1-14-12-8-5-7-11(10-12)6-3-2-4-9-13/h2-3,5,7-8,10H,4,6,9H2,1H3. The van der Waals surface area contributed by atoms with E-state index in [4.69, 9.17) is 4.74 Å². The molecule has 0 N–H and O–H groups in total. The molecule has 0 atom stereocenters. The van der Waals surface area contributed by atoms with Crippen LogP contribution < -0.4 is 4.74 Å². The van der Waals surface area contributed by atoms with Gasteiger partial charge in [-0.1, -0.05) is 40.2 Å². The first-order valence-electron chi connectivity index (χ1n) is 4.70. The molecule has 0 unspecified atom stereocenters. The van der Waals surface area contributed by atoms with E-state index in [1.54, 1.807) is 7.11 Å². The molecular formula is C12H15BrO. The zero-order valence-electron chi connectivity index (χ0n) is 8.37. The third-order valence-corrected chi connectivity index (χ3v) is 2.39. The predicted molar refractivity (Wildman–Crippen MR) is 64.2 cm³/mol. The third-order valence-electron chi connectivity index (χ3n) is 1.93. The Morgan fingerprint density at radius 3 is 2.93 bits per heavy atom. The summed E-state index contributed by atoms with van der Waals surface area (Å²) >= 11 is 3.39. The first-order valence-corrected chi connectivity index (χ1v) is 5.83. The number of alkyl halides is 1. The van der Waals surface area contributed by atoms with E-state index in [1.807, 2.05) is 12.1 Å². The second-order valence-electron chi connectivity index (χ2n) is 3.00. The van der Waals surface area contributed by atoms with Gasteiger partial charge < -0.3 is 4.74 Å². The van der Waals surface area contributed by atoms with Gasteiger partial charge in [0, 0.05) is 5.33 Å². The van der Waals surface area contributed by atoms with E-state index in [1.165, 1.54) is 5.56 Å². The number of hydrogen-bond acceptors (Lipinski definition) is 1. The monoisotopic (exact) mass is 254 g/mol. The first-order chi connectivity index (χ1) is 6.86. The highest BCUT2D eigenvalue weighted by Gasteiger charge is 1.92. The maximum Gasteiger partial charge on any atom is 0.119 e. The molecule has 1 aromatic rings. The van der Waals surface area contributed by atoms with Gasteiger partial charge in [-0.2, -0.15) is 0 Å². The molecule has 1 rings (SSSR count). The Morgan fingerprint density at radius 1 is 1.36 bits per heavy atom. The summed E-state index contributed by atoms with van der Waals surface area (Å²) in [4.78, 5) is 0. The van der Waals surface area contributed by atoms with Crippen molar-refractivity contribution in [3.05, 3.63) is 42.0 Å². The molecule has 0 aromatic heterocycles. The van der Waals surface area contributed by atoms with Crippen molar-refractivity contribution >= 4 is 15.9 Å². The first kappa shape index (κ1) is 11.3. The maximum atomic E-state index is 5.15. The van der Waals surface area contributed by atoms with Crippen molar-refractivity contribution in [2.24, 2.45) is 0 Å². The van der Waals surface area contributed by atoms with E-state index in [2.05, 4.69) is 40.2 Å². The van der Waals surface area contributed by atoms with Crippen LogP contribution in [0.15, 0.2) is 36.4 Å². The summed E-state index contributed by atoms with van der Waals surface area (Å²) in [5, 5.41) is 1.03. The number of benzene rings is 1. The highest BCUT2D eigenvalue weighted by atomic mass is 79.9. The maximum absolute atomic E-state index is 5.15. The minimum atomic E-state index is 0.927. The van der Waals surface area contributed by atoms with Crippen molar-refractivity contribution < 1.29 is 4.74 Å². The highest BCUT2D eigenvalue weighted by molar-refractivity contribution is 9.09. The molecule has 14 heavy (non-hydrogen) atoms. The second-order valence-corrected chi connectivity index (χ2v) is 3.80. The summed E-state index contributed by atoms with van der Waals surface area (Å²) < 4.78 is 5.15. The SMILES string of the molecule is COc1cccc(CC=CCCBr)c1. The van der Waals surface area contributed by atoms with Gasteiger partial charge >= 0.3 is 0 Å². The van der Waals surface area contributed by atoms with E-state index < -0.39 is 0 Å². The third kappa shape index (κ3) is 3.97. The molecule has 0 aliphatic heterocycles. The highest BCUT2D eigenvalue weighted by Crippen LogP contribution is 2.13. The fourth-order valence-corrected chi connectivity index (χ4v) is 1.46. The van der Waals surface area contributed by atoms with Gasteiger partial charge in [0.05, 0.1) is 7.11 Å². The molecule has 1 nitrogen and oxygen atoms in total. The molecule has 0 radical (unpaired) electrons. The number of allylic oxidation sites excluding steroid dienone is 2. The van der Waals surface area contributed by atoms with Gasteiger partial charge in [-0.25, -0.2) is 0 Å². The van der Waals surface area contributed by atoms with Gasteiger partial charge in [0.25, 0.3) is 0 Å². The van der Waals surface area contributed by atoms with Gasteiger partial charge in [0.15, 0.2) is 0 Å². The summed E-state index contributed by atoms with van der Waals surface area (Å²) in [6.07, 6.45) is 6.44. The van der Waals surface area contributed by atoms with Crippen molar-refractivity contribution in [3.8, 4) is 5.75 Å². The fourth-order valence-electron chi connectivity index (χ4n) is 1.20. The Balaban J connectivity index is 2.50. The zero-order chi connectivity index (χ0) is 10.2. The Kier molecular flexibility index (Phi) is 5.38. The second kappa shape index (κ2) is 6.66. The molecule has 76 valence electrons. The number of halogens is 1. The lowest BCUT2D eigenvalue weighted by molar-refractivity contribution is 0.414. The molecule has 0 heterocycles. The van der Waals surface area contributed by atoms with E-state index in [-0.39, 0.29) is 0 Å².